The predicted molar refractivity (Wildman–Crippen MR) is 179 cm³/mol. The van der Waals surface area contributed by atoms with Crippen LogP contribution >= 0.6 is 23.2 Å². The molecule has 1 fully saturated rings. The molecule has 236 valence electrons. The lowest BCUT2D eigenvalue weighted by atomic mass is 9.91. The fraction of sp³-hybridized carbons (Fsp3) is 0.250. The second-order valence-corrected chi connectivity index (χ2v) is 12.4. The molecule has 1 heterocycles. The first kappa shape index (κ1) is 31.5. The number of carbonyl (C=O) groups excluding carboxylic acids is 3. The van der Waals surface area contributed by atoms with Gasteiger partial charge in [-0.25, -0.2) is 9.59 Å². The van der Waals surface area contributed by atoms with E-state index in [1.54, 1.807) is 12.1 Å². The highest BCUT2D eigenvalue weighted by atomic mass is 35.5. The van der Waals surface area contributed by atoms with Gasteiger partial charge in [0, 0.05) is 24.7 Å². The Morgan fingerprint density at radius 2 is 1.52 bits per heavy atom. The van der Waals surface area contributed by atoms with E-state index in [2.05, 4.69) is 39.0 Å². The van der Waals surface area contributed by atoms with Gasteiger partial charge < -0.3 is 25.6 Å². The number of rotatable bonds is 10. The standard InChI is InChI=1S/C36H34Cl2N4O4/c37-29-17-27(42-20-26(21-42)24-11-5-2-6-12-24)18-30(38)33(29)34(43)40-32(35(44)46-22-23-9-3-1-4-10-23)19-39-36(45)41-31-16-15-25-13-7-8-14-28(25)31/h1-14,17-18,26,31-32H,15-16,19-22H2,(H,40,43)(H2,39,41,45)/t31-,32?/m1/s1. The molecule has 1 aliphatic heterocycles. The van der Waals surface area contributed by atoms with Crippen LogP contribution in [-0.2, 0) is 22.6 Å². The number of aryl methyl sites for hydroxylation is 1. The fourth-order valence-corrected chi connectivity index (χ4v) is 6.60. The van der Waals surface area contributed by atoms with Gasteiger partial charge in [-0.05, 0) is 47.2 Å². The fourth-order valence-electron chi connectivity index (χ4n) is 5.95. The minimum absolute atomic E-state index is 0.00706. The van der Waals surface area contributed by atoms with Crippen molar-refractivity contribution in [2.24, 2.45) is 0 Å². The molecule has 4 aromatic rings. The third-order valence-corrected chi connectivity index (χ3v) is 9.09. The molecule has 2 atom stereocenters. The summed E-state index contributed by atoms with van der Waals surface area (Å²) in [6.45, 7) is 1.41. The number of hydrogen-bond acceptors (Lipinski definition) is 5. The first-order chi connectivity index (χ1) is 22.4. The van der Waals surface area contributed by atoms with E-state index in [9.17, 15) is 14.4 Å². The Kier molecular flexibility index (Phi) is 9.76. The number of carbonyl (C=O) groups is 3. The summed E-state index contributed by atoms with van der Waals surface area (Å²) in [5, 5.41) is 8.69. The molecule has 46 heavy (non-hydrogen) atoms. The van der Waals surface area contributed by atoms with Gasteiger partial charge in [0.25, 0.3) is 5.91 Å². The summed E-state index contributed by atoms with van der Waals surface area (Å²) in [6.07, 6.45) is 1.65. The SMILES string of the molecule is O=C(NCC(NC(=O)c1c(Cl)cc(N2CC(c3ccccc3)C2)cc1Cl)C(=O)OCc1ccccc1)N[C@@H]1CCc2ccccc21. The average Bonchev–Trinajstić information content (AvgIpc) is 3.44. The molecule has 0 spiro atoms. The molecule has 1 unspecified atom stereocenters. The number of nitrogens with zero attached hydrogens (tertiary/aromatic N) is 1. The molecule has 0 bridgehead atoms. The van der Waals surface area contributed by atoms with Gasteiger partial charge in [-0.2, -0.15) is 0 Å². The largest absolute Gasteiger partial charge is 0.459 e. The zero-order valence-electron chi connectivity index (χ0n) is 25.0. The van der Waals surface area contributed by atoms with Crippen LogP contribution in [0.5, 0.6) is 0 Å². The lowest BCUT2D eigenvalue weighted by Crippen LogP contribution is -2.51. The molecule has 0 aromatic heterocycles. The minimum Gasteiger partial charge on any atom is -0.459 e. The summed E-state index contributed by atoms with van der Waals surface area (Å²) in [7, 11) is 0. The van der Waals surface area contributed by atoms with E-state index in [-0.39, 0.29) is 34.8 Å². The van der Waals surface area contributed by atoms with Crippen molar-refractivity contribution in [3.05, 3.63) is 135 Å². The number of esters is 1. The van der Waals surface area contributed by atoms with Crippen molar-refractivity contribution in [2.45, 2.75) is 37.5 Å². The third kappa shape index (κ3) is 7.30. The molecular weight excluding hydrogens is 623 g/mol. The Bertz CT molecular complexity index is 1690. The van der Waals surface area contributed by atoms with Crippen molar-refractivity contribution < 1.29 is 19.1 Å². The molecule has 8 nitrogen and oxygen atoms in total. The molecule has 10 heteroatoms. The summed E-state index contributed by atoms with van der Waals surface area (Å²) in [6, 6.07) is 29.1. The number of urea groups is 1. The highest BCUT2D eigenvalue weighted by molar-refractivity contribution is 6.40. The van der Waals surface area contributed by atoms with Gasteiger partial charge in [0.05, 0.1) is 28.2 Å². The Morgan fingerprint density at radius 3 is 2.24 bits per heavy atom. The molecule has 0 saturated carbocycles. The molecule has 1 aliphatic carbocycles. The van der Waals surface area contributed by atoms with Gasteiger partial charge in [-0.1, -0.05) is 108 Å². The second kappa shape index (κ2) is 14.3. The van der Waals surface area contributed by atoms with Gasteiger partial charge in [-0.3, -0.25) is 4.79 Å². The number of hydrogen-bond donors (Lipinski definition) is 3. The van der Waals surface area contributed by atoms with Crippen molar-refractivity contribution >= 4 is 46.8 Å². The molecule has 6 rings (SSSR count). The Labute approximate surface area is 278 Å². The smallest absolute Gasteiger partial charge is 0.330 e. The van der Waals surface area contributed by atoms with Gasteiger partial charge >= 0.3 is 12.0 Å². The summed E-state index contributed by atoms with van der Waals surface area (Å²) in [5.41, 5.74) is 5.18. The quantitative estimate of drug-likeness (QED) is 0.171. The lowest BCUT2D eigenvalue weighted by molar-refractivity contribution is -0.147. The average molecular weight is 658 g/mol. The van der Waals surface area contributed by atoms with Crippen LogP contribution in [0.25, 0.3) is 0 Å². The van der Waals surface area contributed by atoms with Crippen LogP contribution < -0.4 is 20.9 Å². The second-order valence-electron chi connectivity index (χ2n) is 11.6. The third-order valence-electron chi connectivity index (χ3n) is 8.49. The van der Waals surface area contributed by atoms with E-state index in [1.807, 2.05) is 66.7 Å². The van der Waals surface area contributed by atoms with Crippen LogP contribution in [0.1, 0.15) is 51.0 Å². The van der Waals surface area contributed by atoms with Crippen molar-refractivity contribution in [2.75, 3.05) is 24.5 Å². The van der Waals surface area contributed by atoms with E-state index in [4.69, 9.17) is 27.9 Å². The van der Waals surface area contributed by atoms with Crippen LogP contribution in [0.2, 0.25) is 10.0 Å². The van der Waals surface area contributed by atoms with Crippen molar-refractivity contribution in [1.29, 1.82) is 0 Å². The highest BCUT2D eigenvalue weighted by Crippen LogP contribution is 2.37. The number of halogens is 2. The maximum Gasteiger partial charge on any atom is 0.330 e. The molecule has 4 aromatic carbocycles. The zero-order valence-corrected chi connectivity index (χ0v) is 26.6. The molecular formula is C36H34Cl2N4O4. The Morgan fingerprint density at radius 1 is 0.870 bits per heavy atom. The monoisotopic (exact) mass is 656 g/mol. The van der Waals surface area contributed by atoms with Crippen LogP contribution in [0.3, 0.4) is 0 Å². The summed E-state index contributed by atoms with van der Waals surface area (Å²) in [4.78, 5) is 41.8. The molecule has 1 saturated heterocycles. The minimum atomic E-state index is -1.20. The maximum atomic E-state index is 13.5. The summed E-state index contributed by atoms with van der Waals surface area (Å²) in [5.74, 6) is -0.960. The van der Waals surface area contributed by atoms with Crippen molar-refractivity contribution in [3.63, 3.8) is 0 Å². The van der Waals surface area contributed by atoms with Gasteiger partial charge in [0.15, 0.2) is 0 Å². The number of ether oxygens (including phenoxy) is 1. The van der Waals surface area contributed by atoms with E-state index < -0.39 is 23.9 Å². The van der Waals surface area contributed by atoms with Crippen LogP contribution in [0.4, 0.5) is 10.5 Å². The number of amides is 3. The Balaban J connectivity index is 1.11. The Hall–Kier alpha value is -4.53. The molecule has 2 aliphatic rings. The van der Waals surface area contributed by atoms with Gasteiger partial charge in [0.1, 0.15) is 12.6 Å². The van der Waals surface area contributed by atoms with Crippen LogP contribution in [0, 0.1) is 0 Å². The van der Waals surface area contributed by atoms with E-state index >= 15 is 0 Å². The van der Waals surface area contributed by atoms with Gasteiger partial charge in [0.2, 0.25) is 0 Å². The number of fused-ring (bicyclic) bond motifs is 1. The summed E-state index contributed by atoms with van der Waals surface area (Å²) < 4.78 is 5.52. The summed E-state index contributed by atoms with van der Waals surface area (Å²) >= 11 is 13.2. The number of nitrogens with one attached hydrogen (secondary N) is 3. The molecule has 3 amide bonds. The van der Waals surface area contributed by atoms with E-state index in [0.29, 0.717) is 5.92 Å². The first-order valence-corrected chi connectivity index (χ1v) is 16.0. The van der Waals surface area contributed by atoms with Crippen LogP contribution in [-0.4, -0.2) is 43.6 Å². The van der Waals surface area contributed by atoms with Crippen molar-refractivity contribution in [3.8, 4) is 0 Å². The number of benzene rings is 4. The highest BCUT2D eigenvalue weighted by Gasteiger charge is 2.31. The predicted octanol–water partition coefficient (Wildman–Crippen LogP) is 6.43. The maximum absolute atomic E-state index is 13.5. The van der Waals surface area contributed by atoms with E-state index in [1.165, 1.54) is 11.1 Å². The normalized spacial score (nSPS) is 16.1. The number of anilines is 1. The first-order valence-electron chi connectivity index (χ1n) is 15.3. The van der Waals surface area contributed by atoms with Crippen LogP contribution in [0.15, 0.2) is 97.1 Å². The van der Waals surface area contributed by atoms with Gasteiger partial charge in [-0.15, -0.1) is 0 Å². The molecule has 3 N–H and O–H groups in total. The van der Waals surface area contributed by atoms with E-state index in [0.717, 1.165) is 42.7 Å². The van der Waals surface area contributed by atoms with Crippen molar-refractivity contribution in [1.82, 2.24) is 16.0 Å². The zero-order chi connectivity index (χ0) is 32.0. The molecule has 0 radical (unpaired) electrons. The topological polar surface area (TPSA) is 99.8 Å². The lowest BCUT2D eigenvalue weighted by Gasteiger charge is -2.41.